The van der Waals surface area contributed by atoms with Gasteiger partial charge in [-0.1, -0.05) is 60.7 Å². The number of rotatable bonds is 8. The Balaban J connectivity index is 1.73. The maximum Gasteiger partial charge on any atom is 0.408 e. The number of carbonyl (C=O) groups excluding carboxylic acids is 2. The maximum atomic E-state index is 11.7. The van der Waals surface area contributed by atoms with Crippen LogP contribution in [0.15, 0.2) is 60.7 Å². The standard InChI is InChI=1S/C19H20N2O6/c22-17(23)16(21-19(25)27-13-15-9-5-2-6-10-15)11-20-18(24)26-12-14-7-3-1-4-8-14/h1-10,16H,11-13H2,(H,20,24)(H,21,25)(H,22,23)/t16-/m0/s1. The van der Waals surface area contributed by atoms with Crippen LogP contribution in [0.5, 0.6) is 0 Å². The zero-order valence-electron chi connectivity index (χ0n) is 14.5. The van der Waals surface area contributed by atoms with Crippen LogP contribution < -0.4 is 10.6 Å². The molecule has 1 atom stereocenters. The fourth-order valence-electron chi connectivity index (χ4n) is 2.07. The van der Waals surface area contributed by atoms with Crippen molar-refractivity contribution in [3.63, 3.8) is 0 Å². The first-order chi connectivity index (χ1) is 13.0. The molecule has 142 valence electrons. The van der Waals surface area contributed by atoms with Crippen molar-refractivity contribution in [2.75, 3.05) is 6.54 Å². The fraction of sp³-hybridized carbons (Fsp3) is 0.211. The van der Waals surface area contributed by atoms with Crippen LogP contribution in [0.2, 0.25) is 0 Å². The number of carbonyl (C=O) groups is 3. The molecule has 2 amide bonds. The molecule has 0 spiro atoms. The summed E-state index contributed by atoms with van der Waals surface area (Å²) < 4.78 is 9.95. The van der Waals surface area contributed by atoms with Gasteiger partial charge in [0.1, 0.15) is 19.3 Å². The molecule has 0 unspecified atom stereocenters. The molecule has 8 nitrogen and oxygen atoms in total. The average molecular weight is 372 g/mol. The minimum Gasteiger partial charge on any atom is -0.480 e. The topological polar surface area (TPSA) is 114 Å². The van der Waals surface area contributed by atoms with Gasteiger partial charge >= 0.3 is 18.2 Å². The number of ether oxygens (including phenoxy) is 2. The van der Waals surface area contributed by atoms with Crippen molar-refractivity contribution in [1.82, 2.24) is 10.6 Å². The Bertz CT molecular complexity index is 751. The molecule has 0 aliphatic carbocycles. The van der Waals surface area contributed by atoms with Crippen molar-refractivity contribution in [1.29, 1.82) is 0 Å². The first-order valence-corrected chi connectivity index (χ1v) is 8.19. The molecule has 0 aliphatic rings. The van der Waals surface area contributed by atoms with Crippen molar-refractivity contribution in [3.8, 4) is 0 Å². The normalized spacial score (nSPS) is 11.1. The zero-order chi connectivity index (χ0) is 19.5. The Morgan fingerprint density at radius 1 is 0.815 bits per heavy atom. The number of carboxylic acids is 1. The molecule has 3 N–H and O–H groups in total. The summed E-state index contributed by atoms with van der Waals surface area (Å²) in [5, 5.41) is 13.7. The molecule has 2 aromatic rings. The first-order valence-electron chi connectivity index (χ1n) is 8.19. The average Bonchev–Trinajstić information content (AvgIpc) is 2.69. The van der Waals surface area contributed by atoms with Gasteiger partial charge in [-0.3, -0.25) is 0 Å². The summed E-state index contributed by atoms with van der Waals surface area (Å²) in [7, 11) is 0. The summed E-state index contributed by atoms with van der Waals surface area (Å²) in [6.45, 7) is -0.286. The summed E-state index contributed by atoms with van der Waals surface area (Å²) in [5.41, 5.74) is 1.56. The van der Waals surface area contributed by atoms with E-state index in [1.54, 1.807) is 36.4 Å². The van der Waals surface area contributed by atoms with E-state index in [2.05, 4.69) is 10.6 Å². The van der Waals surface area contributed by atoms with Crippen LogP contribution in [0, 0.1) is 0 Å². The van der Waals surface area contributed by atoms with Gasteiger partial charge in [0.2, 0.25) is 0 Å². The molecule has 0 saturated carbocycles. The van der Waals surface area contributed by atoms with Crippen molar-refractivity contribution < 1.29 is 29.0 Å². The van der Waals surface area contributed by atoms with Crippen molar-refractivity contribution >= 4 is 18.2 Å². The number of hydrogen-bond donors (Lipinski definition) is 3. The Hall–Kier alpha value is -3.55. The summed E-state index contributed by atoms with van der Waals surface area (Å²) in [4.78, 5) is 34.7. The predicted molar refractivity (Wildman–Crippen MR) is 95.8 cm³/mol. The lowest BCUT2D eigenvalue weighted by Gasteiger charge is -2.15. The minimum absolute atomic E-state index is 0.00551. The zero-order valence-corrected chi connectivity index (χ0v) is 14.5. The lowest BCUT2D eigenvalue weighted by atomic mass is 10.2. The molecule has 2 aromatic carbocycles. The van der Waals surface area contributed by atoms with Crippen molar-refractivity contribution in [2.45, 2.75) is 19.3 Å². The van der Waals surface area contributed by atoms with Gasteiger partial charge in [0.05, 0.1) is 6.54 Å². The second-order valence-corrected chi connectivity index (χ2v) is 5.54. The second-order valence-electron chi connectivity index (χ2n) is 5.54. The van der Waals surface area contributed by atoms with E-state index in [0.717, 1.165) is 11.1 Å². The lowest BCUT2D eigenvalue weighted by Crippen LogP contribution is -2.48. The van der Waals surface area contributed by atoms with E-state index >= 15 is 0 Å². The molecule has 0 fully saturated rings. The first kappa shape index (κ1) is 19.8. The van der Waals surface area contributed by atoms with Gasteiger partial charge in [-0.25, -0.2) is 14.4 Å². The van der Waals surface area contributed by atoms with Crippen LogP contribution in [-0.4, -0.2) is 35.8 Å². The third-order valence-corrected chi connectivity index (χ3v) is 3.47. The second kappa shape index (κ2) is 10.4. The van der Waals surface area contributed by atoms with Gasteiger partial charge in [0.15, 0.2) is 0 Å². The maximum absolute atomic E-state index is 11.7. The highest BCUT2D eigenvalue weighted by Crippen LogP contribution is 2.02. The summed E-state index contributed by atoms with van der Waals surface area (Å²) in [6.07, 6.45) is -1.68. The summed E-state index contributed by atoms with van der Waals surface area (Å²) in [6, 6.07) is 16.6. The van der Waals surface area contributed by atoms with E-state index < -0.39 is 24.2 Å². The number of carboxylic acid groups (broad SMARTS) is 1. The van der Waals surface area contributed by atoms with Gasteiger partial charge in [-0.2, -0.15) is 0 Å². The van der Waals surface area contributed by atoms with Gasteiger partial charge in [0.25, 0.3) is 0 Å². The third kappa shape index (κ3) is 7.47. The number of alkyl carbamates (subject to hydrolysis) is 2. The van der Waals surface area contributed by atoms with E-state index in [1.165, 1.54) is 0 Å². The lowest BCUT2D eigenvalue weighted by molar-refractivity contribution is -0.139. The monoisotopic (exact) mass is 372 g/mol. The Morgan fingerprint density at radius 3 is 1.78 bits per heavy atom. The van der Waals surface area contributed by atoms with Crippen LogP contribution in [0.1, 0.15) is 11.1 Å². The van der Waals surface area contributed by atoms with Crippen LogP contribution >= 0.6 is 0 Å². The van der Waals surface area contributed by atoms with E-state index in [0.29, 0.717) is 0 Å². The van der Waals surface area contributed by atoms with Gasteiger partial charge in [-0.15, -0.1) is 0 Å². The highest BCUT2D eigenvalue weighted by molar-refractivity contribution is 5.80. The highest BCUT2D eigenvalue weighted by atomic mass is 16.6. The molecule has 0 aliphatic heterocycles. The predicted octanol–water partition coefficient (Wildman–Crippen LogP) is 2.29. The minimum atomic E-state index is -1.35. The van der Waals surface area contributed by atoms with E-state index in [-0.39, 0.29) is 19.8 Å². The smallest absolute Gasteiger partial charge is 0.408 e. The van der Waals surface area contributed by atoms with E-state index in [4.69, 9.17) is 14.6 Å². The Kier molecular flexibility index (Phi) is 7.65. The van der Waals surface area contributed by atoms with Gasteiger partial charge < -0.3 is 25.2 Å². The van der Waals surface area contributed by atoms with Crippen molar-refractivity contribution in [2.24, 2.45) is 0 Å². The molecule has 0 heterocycles. The van der Waals surface area contributed by atoms with Crippen LogP contribution in [-0.2, 0) is 27.5 Å². The van der Waals surface area contributed by atoms with E-state index in [9.17, 15) is 14.4 Å². The molecule has 0 bridgehead atoms. The molecule has 0 radical (unpaired) electrons. The van der Waals surface area contributed by atoms with Crippen LogP contribution in [0.4, 0.5) is 9.59 Å². The summed E-state index contributed by atoms with van der Waals surface area (Å²) in [5.74, 6) is -1.31. The molecule has 0 saturated heterocycles. The fourth-order valence-corrected chi connectivity index (χ4v) is 2.07. The SMILES string of the molecule is O=C(NC[C@H](NC(=O)OCc1ccccc1)C(=O)O)OCc1ccccc1. The third-order valence-electron chi connectivity index (χ3n) is 3.47. The highest BCUT2D eigenvalue weighted by Gasteiger charge is 2.21. The molecule has 2 rings (SSSR count). The van der Waals surface area contributed by atoms with Crippen LogP contribution in [0.25, 0.3) is 0 Å². The van der Waals surface area contributed by atoms with Crippen molar-refractivity contribution in [3.05, 3.63) is 71.8 Å². The van der Waals surface area contributed by atoms with E-state index in [1.807, 2.05) is 24.3 Å². The largest absolute Gasteiger partial charge is 0.480 e. The molecule has 27 heavy (non-hydrogen) atoms. The molecule has 8 heteroatoms. The van der Waals surface area contributed by atoms with Crippen LogP contribution in [0.3, 0.4) is 0 Å². The van der Waals surface area contributed by atoms with Gasteiger partial charge in [0, 0.05) is 0 Å². The molecular formula is C19H20N2O6. The van der Waals surface area contributed by atoms with Gasteiger partial charge in [-0.05, 0) is 11.1 Å². The summed E-state index contributed by atoms with van der Waals surface area (Å²) >= 11 is 0. The molecule has 0 aromatic heterocycles. The Labute approximate surface area is 156 Å². The number of aliphatic carboxylic acids is 1. The Morgan fingerprint density at radius 2 is 1.30 bits per heavy atom. The number of amides is 2. The quantitative estimate of drug-likeness (QED) is 0.655. The number of benzene rings is 2. The number of hydrogen-bond acceptors (Lipinski definition) is 5. The number of nitrogens with one attached hydrogen (secondary N) is 2. The molecular weight excluding hydrogens is 352 g/mol.